The van der Waals surface area contributed by atoms with Crippen LogP contribution in [-0.2, 0) is 9.59 Å². The van der Waals surface area contributed by atoms with Gasteiger partial charge in [-0.2, -0.15) is 0 Å². The topological polar surface area (TPSA) is 61.4 Å². The van der Waals surface area contributed by atoms with E-state index >= 15 is 0 Å². The van der Waals surface area contributed by atoms with Crippen LogP contribution in [0, 0.1) is 5.92 Å². The zero-order valence-electron chi connectivity index (χ0n) is 10.1. The maximum atomic E-state index is 11.7. The highest BCUT2D eigenvalue weighted by atomic mass is 16.2. The molecule has 0 saturated heterocycles. The molecule has 2 N–H and O–H groups in total. The SMILES string of the molecule is CCN(CC(=O)NC)C(=O)CNCC1CC1. The molecule has 1 aliphatic rings. The second-order valence-corrected chi connectivity index (χ2v) is 4.16. The van der Waals surface area contributed by atoms with Gasteiger partial charge in [0.25, 0.3) is 0 Å². The zero-order valence-corrected chi connectivity index (χ0v) is 10.1. The van der Waals surface area contributed by atoms with Gasteiger partial charge in [0, 0.05) is 13.6 Å². The molecule has 0 aromatic carbocycles. The van der Waals surface area contributed by atoms with Crippen molar-refractivity contribution in [3.05, 3.63) is 0 Å². The third kappa shape index (κ3) is 4.61. The lowest BCUT2D eigenvalue weighted by atomic mass is 10.4. The van der Waals surface area contributed by atoms with Gasteiger partial charge in [-0.3, -0.25) is 9.59 Å². The number of nitrogens with one attached hydrogen (secondary N) is 2. The number of nitrogens with zero attached hydrogens (tertiary/aromatic N) is 1. The van der Waals surface area contributed by atoms with Gasteiger partial charge in [-0.1, -0.05) is 0 Å². The van der Waals surface area contributed by atoms with Gasteiger partial charge in [0.05, 0.1) is 13.1 Å². The highest BCUT2D eigenvalue weighted by Gasteiger charge is 2.21. The minimum atomic E-state index is -0.127. The average Bonchev–Trinajstić information content (AvgIpc) is 3.09. The van der Waals surface area contributed by atoms with E-state index in [0.717, 1.165) is 12.5 Å². The Morgan fingerprint density at radius 3 is 2.56 bits per heavy atom. The van der Waals surface area contributed by atoms with E-state index in [-0.39, 0.29) is 18.4 Å². The third-order valence-corrected chi connectivity index (χ3v) is 2.75. The second-order valence-electron chi connectivity index (χ2n) is 4.16. The summed E-state index contributed by atoms with van der Waals surface area (Å²) in [5.74, 6) is 0.631. The number of likely N-dealkylation sites (N-methyl/N-ethyl adjacent to an activating group) is 2. The minimum Gasteiger partial charge on any atom is -0.358 e. The normalized spacial score (nSPS) is 14.6. The van der Waals surface area contributed by atoms with Crippen LogP contribution in [0.1, 0.15) is 19.8 Å². The fourth-order valence-corrected chi connectivity index (χ4v) is 1.45. The number of amides is 2. The van der Waals surface area contributed by atoms with Crippen molar-refractivity contribution >= 4 is 11.8 Å². The molecule has 16 heavy (non-hydrogen) atoms. The standard InChI is InChI=1S/C11H21N3O2/c1-3-14(8-10(15)12-2)11(16)7-13-6-9-4-5-9/h9,13H,3-8H2,1-2H3,(H,12,15). The Bertz CT molecular complexity index is 252. The van der Waals surface area contributed by atoms with Crippen LogP contribution < -0.4 is 10.6 Å². The maximum Gasteiger partial charge on any atom is 0.239 e. The Kier molecular flexibility index (Phi) is 5.25. The summed E-state index contributed by atoms with van der Waals surface area (Å²) in [7, 11) is 1.58. The summed E-state index contributed by atoms with van der Waals surface area (Å²) in [5.41, 5.74) is 0. The second kappa shape index (κ2) is 6.48. The van der Waals surface area contributed by atoms with E-state index < -0.39 is 0 Å². The molecule has 0 aliphatic heterocycles. The van der Waals surface area contributed by atoms with Gasteiger partial charge in [-0.05, 0) is 32.2 Å². The van der Waals surface area contributed by atoms with Crippen molar-refractivity contribution in [3.8, 4) is 0 Å². The summed E-state index contributed by atoms with van der Waals surface area (Å²) < 4.78 is 0. The molecule has 1 aliphatic carbocycles. The fraction of sp³-hybridized carbons (Fsp3) is 0.818. The van der Waals surface area contributed by atoms with Crippen LogP contribution >= 0.6 is 0 Å². The molecule has 5 nitrogen and oxygen atoms in total. The highest BCUT2D eigenvalue weighted by molar-refractivity contribution is 5.85. The number of carbonyl (C=O) groups excluding carboxylic acids is 2. The molecule has 1 rings (SSSR count). The summed E-state index contributed by atoms with van der Waals surface area (Å²) in [4.78, 5) is 24.4. The third-order valence-electron chi connectivity index (χ3n) is 2.75. The first-order valence-electron chi connectivity index (χ1n) is 5.86. The summed E-state index contributed by atoms with van der Waals surface area (Å²) >= 11 is 0. The first kappa shape index (κ1) is 13.0. The first-order chi connectivity index (χ1) is 7.67. The smallest absolute Gasteiger partial charge is 0.239 e. The van der Waals surface area contributed by atoms with E-state index in [9.17, 15) is 9.59 Å². The number of hydrogen-bond acceptors (Lipinski definition) is 3. The summed E-state index contributed by atoms with van der Waals surface area (Å²) in [6, 6.07) is 0. The Morgan fingerprint density at radius 1 is 1.38 bits per heavy atom. The zero-order chi connectivity index (χ0) is 12.0. The van der Waals surface area contributed by atoms with Crippen LogP contribution in [0.5, 0.6) is 0 Å². The van der Waals surface area contributed by atoms with Gasteiger partial charge in [-0.15, -0.1) is 0 Å². The van der Waals surface area contributed by atoms with E-state index in [0.29, 0.717) is 13.1 Å². The number of hydrogen-bond donors (Lipinski definition) is 2. The highest BCUT2D eigenvalue weighted by Crippen LogP contribution is 2.27. The molecule has 0 unspecified atom stereocenters. The van der Waals surface area contributed by atoms with Gasteiger partial charge in [-0.25, -0.2) is 0 Å². The van der Waals surface area contributed by atoms with Crippen molar-refractivity contribution < 1.29 is 9.59 Å². The van der Waals surface area contributed by atoms with Gasteiger partial charge < -0.3 is 15.5 Å². The van der Waals surface area contributed by atoms with E-state index in [1.54, 1.807) is 11.9 Å². The van der Waals surface area contributed by atoms with Crippen molar-refractivity contribution in [2.75, 3.05) is 33.2 Å². The van der Waals surface area contributed by atoms with Crippen LogP contribution in [0.15, 0.2) is 0 Å². The predicted octanol–water partition coefficient (Wildman–Crippen LogP) is -0.419. The number of rotatable bonds is 7. The monoisotopic (exact) mass is 227 g/mol. The lowest BCUT2D eigenvalue weighted by Gasteiger charge is -2.20. The summed E-state index contributed by atoms with van der Waals surface area (Å²) in [5, 5.41) is 5.65. The average molecular weight is 227 g/mol. The lowest BCUT2D eigenvalue weighted by Crippen LogP contribution is -2.43. The molecule has 0 atom stereocenters. The molecule has 0 heterocycles. The van der Waals surface area contributed by atoms with E-state index in [1.807, 2.05) is 6.92 Å². The molecule has 2 amide bonds. The molecule has 1 saturated carbocycles. The van der Waals surface area contributed by atoms with Crippen LogP contribution in [0.2, 0.25) is 0 Å². The van der Waals surface area contributed by atoms with E-state index in [4.69, 9.17) is 0 Å². The van der Waals surface area contributed by atoms with Gasteiger partial charge >= 0.3 is 0 Å². The largest absolute Gasteiger partial charge is 0.358 e. The van der Waals surface area contributed by atoms with Crippen LogP contribution in [-0.4, -0.2) is 49.9 Å². The molecule has 0 aromatic rings. The van der Waals surface area contributed by atoms with Gasteiger partial charge in [0.2, 0.25) is 11.8 Å². The van der Waals surface area contributed by atoms with E-state index in [1.165, 1.54) is 12.8 Å². The van der Waals surface area contributed by atoms with Crippen molar-refractivity contribution in [2.24, 2.45) is 5.92 Å². The molecule has 92 valence electrons. The summed E-state index contributed by atoms with van der Waals surface area (Å²) in [6.45, 7) is 3.85. The molecule has 0 bridgehead atoms. The molecule has 0 spiro atoms. The Balaban J connectivity index is 2.21. The molecular formula is C11H21N3O2. The van der Waals surface area contributed by atoms with Crippen molar-refractivity contribution in [1.29, 1.82) is 0 Å². The van der Waals surface area contributed by atoms with Crippen LogP contribution in [0.25, 0.3) is 0 Å². The first-order valence-corrected chi connectivity index (χ1v) is 5.86. The Morgan fingerprint density at radius 2 is 2.06 bits per heavy atom. The van der Waals surface area contributed by atoms with Crippen LogP contribution in [0.4, 0.5) is 0 Å². The Hall–Kier alpha value is -1.10. The van der Waals surface area contributed by atoms with Gasteiger partial charge in [0.15, 0.2) is 0 Å². The molecule has 0 aromatic heterocycles. The quantitative estimate of drug-likeness (QED) is 0.621. The van der Waals surface area contributed by atoms with Crippen molar-refractivity contribution in [2.45, 2.75) is 19.8 Å². The lowest BCUT2D eigenvalue weighted by molar-refractivity contribution is -0.135. The number of carbonyl (C=O) groups is 2. The molecular weight excluding hydrogens is 206 g/mol. The molecule has 0 radical (unpaired) electrons. The predicted molar refractivity (Wildman–Crippen MR) is 61.9 cm³/mol. The van der Waals surface area contributed by atoms with Crippen molar-refractivity contribution in [1.82, 2.24) is 15.5 Å². The molecule has 5 heteroatoms. The van der Waals surface area contributed by atoms with Gasteiger partial charge in [0.1, 0.15) is 0 Å². The molecule has 1 fully saturated rings. The van der Waals surface area contributed by atoms with E-state index in [2.05, 4.69) is 10.6 Å². The minimum absolute atomic E-state index is 0.00764. The summed E-state index contributed by atoms with van der Waals surface area (Å²) in [6.07, 6.45) is 2.55. The fourth-order valence-electron chi connectivity index (χ4n) is 1.45. The van der Waals surface area contributed by atoms with Crippen LogP contribution in [0.3, 0.4) is 0 Å². The Labute approximate surface area is 96.6 Å². The maximum absolute atomic E-state index is 11.7. The van der Waals surface area contributed by atoms with Crippen molar-refractivity contribution in [3.63, 3.8) is 0 Å².